The average Bonchev–Trinajstić information content (AvgIpc) is 2.62. The lowest BCUT2D eigenvalue weighted by molar-refractivity contribution is 0.0513. The zero-order valence-electron chi connectivity index (χ0n) is 17.7. The van der Waals surface area contributed by atoms with Gasteiger partial charge in [0, 0.05) is 44.1 Å². The number of rotatable bonds is 9. The molecule has 158 valence electrons. The van der Waals surface area contributed by atoms with Crippen molar-refractivity contribution in [2.45, 2.75) is 32.9 Å². The van der Waals surface area contributed by atoms with Crippen molar-refractivity contribution in [3.05, 3.63) is 63.4 Å². The molecular formula is C21H29BrN4O3. The molecule has 29 heavy (non-hydrogen) atoms. The van der Waals surface area contributed by atoms with Crippen LogP contribution in [0.3, 0.4) is 0 Å². The van der Waals surface area contributed by atoms with Crippen LogP contribution >= 0.6 is 15.9 Å². The van der Waals surface area contributed by atoms with Gasteiger partial charge in [-0.25, -0.2) is 4.98 Å². The molecule has 0 atom stereocenters. The predicted octanol–water partition coefficient (Wildman–Crippen LogP) is 3.70. The molecule has 8 heteroatoms. The Morgan fingerprint density at radius 1 is 1.38 bits per heavy atom. The summed E-state index contributed by atoms with van der Waals surface area (Å²) in [5.41, 5.74) is 0.764. The minimum Gasteiger partial charge on any atom is -0.473 e. The molecule has 0 aliphatic heterocycles. The van der Waals surface area contributed by atoms with Crippen LogP contribution in [0.1, 0.15) is 26.3 Å². The highest BCUT2D eigenvalue weighted by Crippen LogP contribution is 2.29. The van der Waals surface area contributed by atoms with E-state index in [9.17, 15) is 4.79 Å². The van der Waals surface area contributed by atoms with Gasteiger partial charge in [0.05, 0.1) is 6.61 Å². The fraction of sp³-hybridized carbons (Fsp3) is 0.429. The van der Waals surface area contributed by atoms with Gasteiger partial charge in [-0.1, -0.05) is 6.07 Å². The highest BCUT2D eigenvalue weighted by atomic mass is 79.9. The monoisotopic (exact) mass is 464 g/mol. The lowest BCUT2D eigenvalue weighted by Gasteiger charge is -2.30. The largest absolute Gasteiger partial charge is 0.473 e. The summed E-state index contributed by atoms with van der Waals surface area (Å²) >= 11 is 3.46. The van der Waals surface area contributed by atoms with Gasteiger partial charge >= 0.3 is 0 Å². The second-order valence-electron chi connectivity index (χ2n) is 7.60. The summed E-state index contributed by atoms with van der Waals surface area (Å²) in [6.45, 7) is 11.9. The van der Waals surface area contributed by atoms with E-state index in [0.717, 1.165) is 16.6 Å². The average molecular weight is 465 g/mol. The van der Waals surface area contributed by atoms with Crippen LogP contribution in [0.25, 0.3) is 0 Å². The fourth-order valence-electron chi connectivity index (χ4n) is 2.66. The minimum absolute atomic E-state index is 0.182. The Kier molecular flexibility index (Phi) is 8.01. The normalized spacial score (nSPS) is 11.4. The zero-order chi connectivity index (χ0) is 21.6. The summed E-state index contributed by atoms with van der Waals surface area (Å²) in [7, 11) is 3.37. The number of halogens is 1. The summed E-state index contributed by atoms with van der Waals surface area (Å²) in [5, 5.41) is 3.28. The van der Waals surface area contributed by atoms with Crippen LogP contribution in [0, 0.1) is 0 Å². The van der Waals surface area contributed by atoms with Gasteiger partial charge in [0.2, 0.25) is 0 Å². The van der Waals surface area contributed by atoms with Gasteiger partial charge in [0.15, 0.2) is 5.88 Å². The van der Waals surface area contributed by atoms with Crippen molar-refractivity contribution >= 4 is 27.4 Å². The molecule has 0 amide bonds. The molecule has 0 fully saturated rings. The van der Waals surface area contributed by atoms with E-state index in [4.69, 9.17) is 9.47 Å². The summed E-state index contributed by atoms with van der Waals surface area (Å²) in [5.74, 6) is 0.876. The molecule has 0 unspecified atom stereocenters. The molecule has 0 radical (unpaired) electrons. The molecule has 0 aliphatic rings. The van der Waals surface area contributed by atoms with Crippen LogP contribution in [0.5, 0.6) is 0 Å². The minimum atomic E-state index is -0.474. The first kappa shape index (κ1) is 23.1. The number of hydrogen-bond acceptors (Lipinski definition) is 6. The molecule has 0 aliphatic carbocycles. The summed E-state index contributed by atoms with van der Waals surface area (Å²) in [4.78, 5) is 19.0. The molecule has 0 saturated heterocycles. The summed E-state index contributed by atoms with van der Waals surface area (Å²) < 4.78 is 13.3. The summed E-state index contributed by atoms with van der Waals surface area (Å²) in [6, 6.07) is 5.55. The molecular weight excluding hydrogens is 436 g/mol. The van der Waals surface area contributed by atoms with Crippen molar-refractivity contribution in [3.8, 4) is 0 Å². The number of hydrogen-bond donors (Lipinski definition) is 1. The Bertz CT molecular complexity index is 888. The maximum Gasteiger partial charge on any atom is 0.274 e. The molecule has 2 heterocycles. The Morgan fingerprint density at radius 3 is 2.69 bits per heavy atom. The van der Waals surface area contributed by atoms with Crippen LogP contribution in [0.4, 0.5) is 11.5 Å². The number of ether oxygens (including phenoxy) is 2. The number of aromatic nitrogens is 2. The Hall–Kier alpha value is -2.16. The lowest BCUT2D eigenvalue weighted by Crippen LogP contribution is -2.32. The number of nitrogens with zero attached hydrogens (tertiary/aromatic N) is 3. The SMILES string of the molecule is C=C(OC(C)(C)C)N(c1ccc(CNCCOC)cn1)c1cc(Br)cn(C)c1=O. The highest BCUT2D eigenvalue weighted by molar-refractivity contribution is 9.10. The van der Waals surface area contributed by atoms with Gasteiger partial charge < -0.3 is 19.4 Å². The van der Waals surface area contributed by atoms with E-state index in [1.807, 2.05) is 32.9 Å². The van der Waals surface area contributed by atoms with E-state index in [1.165, 1.54) is 4.57 Å². The van der Waals surface area contributed by atoms with Gasteiger partial charge in [-0.3, -0.25) is 9.69 Å². The number of anilines is 2. The third-order valence-corrected chi connectivity index (χ3v) is 4.33. The van der Waals surface area contributed by atoms with Gasteiger partial charge in [0.1, 0.15) is 17.1 Å². The molecule has 0 spiro atoms. The predicted molar refractivity (Wildman–Crippen MR) is 119 cm³/mol. The smallest absolute Gasteiger partial charge is 0.274 e. The zero-order valence-corrected chi connectivity index (χ0v) is 19.2. The van der Waals surface area contributed by atoms with Crippen molar-refractivity contribution in [2.75, 3.05) is 25.2 Å². The molecule has 1 N–H and O–H groups in total. The van der Waals surface area contributed by atoms with Crippen molar-refractivity contribution in [3.63, 3.8) is 0 Å². The first-order chi connectivity index (χ1) is 13.6. The quantitative estimate of drug-likeness (QED) is 0.450. The van der Waals surface area contributed by atoms with Gasteiger partial charge in [-0.05, 0) is 61.0 Å². The van der Waals surface area contributed by atoms with E-state index in [-0.39, 0.29) is 5.56 Å². The Balaban J connectivity index is 2.38. The van der Waals surface area contributed by atoms with Crippen LogP contribution in [0.2, 0.25) is 0 Å². The van der Waals surface area contributed by atoms with E-state index in [1.54, 1.807) is 37.5 Å². The summed E-state index contributed by atoms with van der Waals surface area (Å²) in [6.07, 6.45) is 3.48. The third kappa shape index (κ3) is 6.69. The second-order valence-corrected chi connectivity index (χ2v) is 8.51. The topological polar surface area (TPSA) is 68.6 Å². The molecule has 7 nitrogen and oxygen atoms in total. The number of methoxy groups -OCH3 is 1. The van der Waals surface area contributed by atoms with Crippen molar-refractivity contribution in [1.29, 1.82) is 0 Å². The first-order valence-corrected chi connectivity index (χ1v) is 10.1. The molecule has 2 aromatic rings. The standard InChI is InChI=1S/C21H29BrN4O3/c1-15(29-21(2,3)4)26(18-11-17(22)14-25(5)20(18)27)19-8-7-16(13-24-19)12-23-9-10-28-6/h7-8,11,13-14,23H,1,9-10,12H2,2-6H3. The highest BCUT2D eigenvalue weighted by Gasteiger charge is 2.24. The van der Waals surface area contributed by atoms with Crippen molar-refractivity contribution in [1.82, 2.24) is 14.9 Å². The van der Waals surface area contributed by atoms with Gasteiger partial charge in [-0.2, -0.15) is 0 Å². The molecule has 2 aromatic heterocycles. The number of aryl methyl sites for hydroxylation is 1. The van der Waals surface area contributed by atoms with E-state index in [2.05, 4.69) is 32.8 Å². The van der Waals surface area contributed by atoms with Crippen molar-refractivity contribution < 1.29 is 9.47 Å². The molecule has 0 saturated carbocycles. The lowest BCUT2D eigenvalue weighted by atomic mass is 10.2. The third-order valence-electron chi connectivity index (χ3n) is 3.90. The number of pyridine rings is 2. The van der Waals surface area contributed by atoms with Gasteiger partial charge in [0.25, 0.3) is 5.56 Å². The van der Waals surface area contributed by atoms with Crippen molar-refractivity contribution in [2.24, 2.45) is 7.05 Å². The maximum absolute atomic E-state index is 12.8. The van der Waals surface area contributed by atoms with Crippen LogP contribution in [-0.2, 0) is 23.1 Å². The van der Waals surface area contributed by atoms with Crippen LogP contribution < -0.4 is 15.8 Å². The molecule has 0 aromatic carbocycles. The van der Waals surface area contributed by atoms with E-state index >= 15 is 0 Å². The van der Waals surface area contributed by atoms with Crippen LogP contribution in [0.15, 0.2) is 52.3 Å². The second kappa shape index (κ2) is 10.0. The number of nitrogens with one attached hydrogen (secondary N) is 1. The fourth-order valence-corrected chi connectivity index (χ4v) is 3.18. The first-order valence-electron chi connectivity index (χ1n) is 9.31. The van der Waals surface area contributed by atoms with E-state index < -0.39 is 5.60 Å². The maximum atomic E-state index is 12.8. The van der Waals surface area contributed by atoms with Gasteiger partial charge in [-0.15, -0.1) is 0 Å². The van der Waals surface area contributed by atoms with E-state index in [0.29, 0.717) is 30.5 Å². The Labute approximate surface area is 180 Å². The molecule has 0 bridgehead atoms. The van der Waals surface area contributed by atoms with Crippen LogP contribution in [-0.4, -0.2) is 35.4 Å². The Morgan fingerprint density at radius 2 is 2.10 bits per heavy atom. The molecule has 2 rings (SSSR count).